The Bertz CT molecular complexity index is 381. The molecule has 1 atom stereocenters. The minimum absolute atomic E-state index is 0.0162. The number of hydrogen-bond acceptors (Lipinski definition) is 8. The molecule has 0 spiro atoms. The van der Waals surface area contributed by atoms with Gasteiger partial charge in [-0.2, -0.15) is 8.42 Å². The molecule has 1 unspecified atom stereocenters. The summed E-state index contributed by atoms with van der Waals surface area (Å²) >= 11 is 0. The monoisotopic (exact) mass is 274 g/mol. The highest BCUT2D eigenvalue weighted by Gasteiger charge is 2.35. The van der Waals surface area contributed by atoms with Crippen molar-refractivity contribution in [1.29, 1.82) is 0 Å². The van der Waals surface area contributed by atoms with Crippen LogP contribution in [0.1, 0.15) is 6.42 Å². The van der Waals surface area contributed by atoms with E-state index >= 15 is 0 Å². The van der Waals surface area contributed by atoms with Crippen molar-refractivity contribution in [3.63, 3.8) is 0 Å². The van der Waals surface area contributed by atoms with E-state index in [1.807, 2.05) is 0 Å². The molecule has 8 nitrogen and oxygen atoms in total. The van der Waals surface area contributed by atoms with E-state index in [1.165, 1.54) is 0 Å². The van der Waals surface area contributed by atoms with Gasteiger partial charge < -0.3 is 0 Å². The summed E-state index contributed by atoms with van der Waals surface area (Å²) in [6.07, 6.45) is -0.392. The van der Waals surface area contributed by atoms with Gasteiger partial charge in [-0.25, -0.2) is 12.9 Å². The molecule has 0 saturated carbocycles. The fourth-order valence-corrected chi connectivity index (χ4v) is 3.23. The van der Waals surface area contributed by atoms with Gasteiger partial charge in [0.2, 0.25) is 0 Å². The number of phosphoric ester groups is 1. The third-order valence-electron chi connectivity index (χ3n) is 1.92. The number of hydrogen-bond donors (Lipinski definition) is 0. The lowest BCUT2D eigenvalue weighted by molar-refractivity contribution is 0.0460. The maximum Gasteiger partial charge on any atom is 0.475 e. The second-order valence-corrected chi connectivity index (χ2v) is 6.06. The van der Waals surface area contributed by atoms with Gasteiger partial charge in [-0.15, -0.1) is 0 Å². The SMILES string of the molecule is O=P1(OCC2CCOS(=O)(=O)O2)OCCO1. The van der Waals surface area contributed by atoms with Crippen molar-refractivity contribution < 1.29 is 34.9 Å². The van der Waals surface area contributed by atoms with Crippen LogP contribution in [-0.4, -0.2) is 40.9 Å². The smallest absolute Gasteiger partial charge is 0.284 e. The minimum atomic E-state index is -3.95. The van der Waals surface area contributed by atoms with Gasteiger partial charge in [-0.05, 0) is 0 Å². The summed E-state index contributed by atoms with van der Waals surface area (Å²) < 4.78 is 56.7. The zero-order valence-electron chi connectivity index (χ0n) is 8.23. The molecule has 2 saturated heterocycles. The van der Waals surface area contributed by atoms with E-state index in [-0.39, 0.29) is 26.4 Å². The first-order chi connectivity index (χ1) is 7.49. The van der Waals surface area contributed by atoms with Crippen LogP contribution in [0.25, 0.3) is 0 Å². The van der Waals surface area contributed by atoms with E-state index in [0.717, 1.165) is 0 Å². The fourth-order valence-electron chi connectivity index (χ4n) is 1.22. The Hall–Kier alpha value is -0.0200. The average Bonchev–Trinajstić information content (AvgIpc) is 2.62. The van der Waals surface area contributed by atoms with Crippen LogP contribution in [0.2, 0.25) is 0 Å². The molecule has 0 aromatic carbocycles. The molecular formula is C6H11O8PS. The van der Waals surface area contributed by atoms with Crippen molar-refractivity contribution in [1.82, 2.24) is 0 Å². The molecule has 16 heavy (non-hydrogen) atoms. The predicted molar refractivity (Wildman–Crippen MR) is 49.8 cm³/mol. The molecule has 94 valence electrons. The highest BCUT2D eigenvalue weighted by Crippen LogP contribution is 2.52. The Labute approximate surface area is 92.7 Å². The summed E-state index contributed by atoms with van der Waals surface area (Å²) in [7, 11) is -7.44. The maximum atomic E-state index is 11.5. The van der Waals surface area contributed by atoms with Crippen LogP contribution in [-0.2, 0) is 36.9 Å². The molecule has 0 radical (unpaired) electrons. The van der Waals surface area contributed by atoms with Crippen molar-refractivity contribution in [2.24, 2.45) is 0 Å². The lowest BCUT2D eigenvalue weighted by Crippen LogP contribution is -2.31. The van der Waals surface area contributed by atoms with Gasteiger partial charge >= 0.3 is 18.2 Å². The lowest BCUT2D eigenvalue weighted by Gasteiger charge is -2.22. The molecule has 0 N–H and O–H groups in total. The Balaban J connectivity index is 1.84. The topological polar surface area (TPSA) is 97.4 Å². The van der Waals surface area contributed by atoms with E-state index in [9.17, 15) is 13.0 Å². The quantitative estimate of drug-likeness (QED) is 0.673. The van der Waals surface area contributed by atoms with Gasteiger partial charge in [0.1, 0.15) is 6.10 Å². The van der Waals surface area contributed by atoms with Crippen LogP contribution in [0.15, 0.2) is 0 Å². The zero-order valence-corrected chi connectivity index (χ0v) is 9.95. The van der Waals surface area contributed by atoms with Crippen molar-refractivity contribution >= 4 is 18.2 Å². The molecule has 10 heteroatoms. The van der Waals surface area contributed by atoms with Crippen LogP contribution in [0.3, 0.4) is 0 Å². The van der Waals surface area contributed by atoms with Crippen molar-refractivity contribution in [2.45, 2.75) is 12.5 Å². The van der Waals surface area contributed by atoms with Crippen LogP contribution in [0, 0.1) is 0 Å². The molecule has 2 fully saturated rings. The van der Waals surface area contributed by atoms with E-state index in [1.54, 1.807) is 0 Å². The first-order valence-corrected chi connectivity index (χ1v) is 7.40. The van der Waals surface area contributed by atoms with E-state index in [4.69, 9.17) is 13.6 Å². The molecule has 0 aromatic heterocycles. The molecule has 0 bridgehead atoms. The molecule has 0 aliphatic carbocycles. The molecule has 0 aromatic rings. The second kappa shape index (κ2) is 4.69. The molecule has 2 rings (SSSR count). The molecule has 2 heterocycles. The van der Waals surface area contributed by atoms with E-state index < -0.39 is 24.3 Å². The fraction of sp³-hybridized carbons (Fsp3) is 1.00. The van der Waals surface area contributed by atoms with Crippen LogP contribution in [0.5, 0.6) is 0 Å². The Morgan fingerprint density at radius 2 is 1.94 bits per heavy atom. The maximum absolute atomic E-state index is 11.5. The van der Waals surface area contributed by atoms with Crippen LogP contribution >= 0.6 is 7.82 Å². The summed E-state index contributed by atoms with van der Waals surface area (Å²) in [6.45, 7) is 0.233. The Morgan fingerprint density at radius 1 is 1.25 bits per heavy atom. The zero-order chi connectivity index (χ0) is 11.6. The highest BCUT2D eigenvalue weighted by molar-refractivity contribution is 7.81. The first-order valence-electron chi connectivity index (χ1n) is 4.60. The standard InChI is InChI=1S/C6H11O8PS/c7-15(10-3-4-11-15)12-5-6-1-2-13-16(8,9)14-6/h6H,1-5H2. The van der Waals surface area contributed by atoms with E-state index in [0.29, 0.717) is 6.42 Å². The largest absolute Gasteiger partial charge is 0.475 e. The lowest BCUT2D eigenvalue weighted by atomic mass is 10.3. The van der Waals surface area contributed by atoms with Gasteiger partial charge in [0.15, 0.2) is 0 Å². The second-order valence-electron chi connectivity index (χ2n) is 3.15. The van der Waals surface area contributed by atoms with Gasteiger partial charge in [0, 0.05) is 6.42 Å². The summed E-state index contributed by atoms with van der Waals surface area (Å²) in [5.41, 5.74) is 0. The van der Waals surface area contributed by atoms with Gasteiger partial charge in [-0.1, -0.05) is 0 Å². The van der Waals surface area contributed by atoms with Crippen molar-refractivity contribution in [3.05, 3.63) is 0 Å². The average molecular weight is 274 g/mol. The third kappa shape index (κ3) is 3.24. The van der Waals surface area contributed by atoms with Crippen LogP contribution < -0.4 is 0 Å². The summed E-state index contributed by atoms with van der Waals surface area (Å²) in [5, 5.41) is 0. The van der Waals surface area contributed by atoms with E-state index in [2.05, 4.69) is 8.37 Å². The molecule has 2 aliphatic heterocycles. The minimum Gasteiger partial charge on any atom is -0.284 e. The first kappa shape index (κ1) is 12.4. The highest BCUT2D eigenvalue weighted by atomic mass is 32.3. The van der Waals surface area contributed by atoms with Crippen LogP contribution in [0.4, 0.5) is 0 Å². The Morgan fingerprint density at radius 3 is 2.56 bits per heavy atom. The molecular weight excluding hydrogens is 263 g/mol. The predicted octanol–water partition coefficient (Wildman–Crippen LogP) is 0.208. The Kier molecular flexibility index (Phi) is 3.65. The molecule has 0 amide bonds. The summed E-state index contributed by atoms with van der Waals surface area (Å²) in [6, 6.07) is 0. The van der Waals surface area contributed by atoms with Gasteiger partial charge in [0.25, 0.3) is 0 Å². The third-order valence-corrected chi connectivity index (χ3v) is 4.35. The van der Waals surface area contributed by atoms with Crippen molar-refractivity contribution in [3.8, 4) is 0 Å². The summed E-state index contributed by atoms with van der Waals surface area (Å²) in [4.78, 5) is 0. The van der Waals surface area contributed by atoms with Crippen molar-refractivity contribution in [2.75, 3.05) is 26.4 Å². The molecule has 2 aliphatic rings. The van der Waals surface area contributed by atoms with Gasteiger partial charge in [-0.3, -0.25) is 13.6 Å². The number of phosphoric acid groups is 1. The van der Waals surface area contributed by atoms with Gasteiger partial charge in [0.05, 0.1) is 26.4 Å². The number of rotatable bonds is 3. The summed E-state index contributed by atoms with van der Waals surface area (Å²) in [5.74, 6) is 0. The normalized spacial score (nSPS) is 32.6.